The fourth-order valence-electron chi connectivity index (χ4n) is 3.43. The summed E-state index contributed by atoms with van der Waals surface area (Å²) < 4.78 is 25.0. The molecule has 0 unspecified atom stereocenters. The van der Waals surface area contributed by atoms with Crippen molar-refractivity contribution >= 4 is 21.4 Å². The summed E-state index contributed by atoms with van der Waals surface area (Å²) in [6.45, 7) is 2.32. The van der Waals surface area contributed by atoms with E-state index in [1.807, 2.05) is 18.2 Å². The molecule has 2 aromatic rings. The van der Waals surface area contributed by atoms with Crippen molar-refractivity contribution < 1.29 is 13.2 Å². The van der Waals surface area contributed by atoms with Crippen LogP contribution in [0.2, 0.25) is 0 Å². The third-order valence-electron chi connectivity index (χ3n) is 5.02. The van der Waals surface area contributed by atoms with E-state index in [1.165, 1.54) is 0 Å². The zero-order valence-corrected chi connectivity index (χ0v) is 17.3. The normalized spacial score (nSPS) is 14.5. The maximum atomic E-state index is 12.6. The first-order valence-corrected chi connectivity index (χ1v) is 11.4. The quantitative estimate of drug-likeness (QED) is 0.730. The molecule has 0 bridgehead atoms. The van der Waals surface area contributed by atoms with Gasteiger partial charge in [-0.25, -0.2) is 8.42 Å². The number of sulfone groups is 1. The smallest absolute Gasteiger partial charge is 0.237 e. The van der Waals surface area contributed by atoms with Gasteiger partial charge < -0.3 is 9.80 Å². The number of anilines is 1. The summed E-state index contributed by atoms with van der Waals surface area (Å²) in [6, 6.07) is 17.7. The number of nitriles is 2. The van der Waals surface area contributed by atoms with Crippen molar-refractivity contribution in [1.29, 1.82) is 10.5 Å². The minimum absolute atomic E-state index is 0.227. The number of amides is 1. The van der Waals surface area contributed by atoms with Crippen LogP contribution >= 0.6 is 0 Å². The Labute approximate surface area is 176 Å². The second-order valence-corrected chi connectivity index (χ2v) is 9.29. The number of hydrogen-bond acceptors (Lipinski definition) is 6. The largest absolute Gasteiger partial charge is 0.370 e. The van der Waals surface area contributed by atoms with Crippen molar-refractivity contribution in [3.05, 3.63) is 65.2 Å². The van der Waals surface area contributed by atoms with Gasteiger partial charge in [-0.2, -0.15) is 10.5 Å². The van der Waals surface area contributed by atoms with Gasteiger partial charge >= 0.3 is 0 Å². The van der Waals surface area contributed by atoms with E-state index < -0.39 is 15.6 Å². The molecule has 0 N–H and O–H groups in total. The predicted molar refractivity (Wildman–Crippen MR) is 113 cm³/mol. The summed E-state index contributed by atoms with van der Waals surface area (Å²) in [5, 5.41) is 17.7. The van der Waals surface area contributed by atoms with Crippen LogP contribution in [0.1, 0.15) is 23.1 Å². The molecule has 30 heavy (non-hydrogen) atoms. The number of carbonyl (C=O) groups is 1. The monoisotopic (exact) mass is 422 g/mol. The first-order chi connectivity index (χ1) is 14.4. The second-order valence-electron chi connectivity index (χ2n) is 7.22. The van der Waals surface area contributed by atoms with E-state index in [4.69, 9.17) is 10.5 Å². The Kier molecular flexibility index (Phi) is 6.71. The Bertz CT molecular complexity index is 1080. The summed E-state index contributed by atoms with van der Waals surface area (Å²) in [5.74, 6) is -1.13. The van der Waals surface area contributed by atoms with E-state index in [0.29, 0.717) is 36.3 Å². The maximum Gasteiger partial charge on any atom is 0.237 e. The minimum atomic E-state index is -3.61. The number of benzene rings is 2. The molecule has 154 valence electrons. The highest BCUT2D eigenvalue weighted by Crippen LogP contribution is 2.18. The van der Waals surface area contributed by atoms with Gasteiger partial charge in [0.1, 0.15) is 5.75 Å². The molecule has 0 saturated carbocycles. The van der Waals surface area contributed by atoms with Crippen molar-refractivity contribution in [2.75, 3.05) is 36.8 Å². The Morgan fingerprint density at radius 1 is 0.867 bits per heavy atom. The average molecular weight is 423 g/mol. The van der Waals surface area contributed by atoms with E-state index >= 15 is 0 Å². The molecule has 1 saturated heterocycles. The highest BCUT2D eigenvalue weighted by Gasteiger charge is 2.24. The SMILES string of the molecule is N#Cc1ccc(CS(=O)(=O)CC(=O)N2CCCN(c3ccc(C#N)cc3)CC2)cc1. The molecule has 0 spiro atoms. The summed E-state index contributed by atoms with van der Waals surface area (Å²) >= 11 is 0. The summed E-state index contributed by atoms with van der Waals surface area (Å²) in [7, 11) is -3.61. The molecule has 0 atom stereocenters. The summed E-state index contributed by atoms with van der Waals surface area (Å²) in [5.41, 5.74) is 2.60. The summed E-state index contributed by atoms with van der Waals surface area (Å²) in [4.78, 5) is 16.4. The lowest BCUT2D eigenvalue weighted by atomic mass is 10.2. The average Bonchev–Trinajstić information content (AvgIpc) is 3.00. The molecule has 1 heterocycles. The van der Waals surface area contributed by atoms with E-state index in [9.17, 15) is 13.2 Å². The van der Waals surface area contributed by atoms with Crippen LogP contribution in [0.3, 0.4) is 0 Å². The molecular weight excluding hydrogens is 400 g/mol. The van der Waals surface area contributed by atoms with Crippen LogP contribution in [-0.2, 0) is 20.4 Å². The third kappa shape index (κ3) is 5.59. The van der Waals surface area contributed by atoms with Crippen molar-refractivity contribution in [2.24, 2.45) is 0 Å². The van der Waals surface area contributed by atoms with Gasteiger partial charge in [0.25, 0.3) is 0 Å². The zero-order chi connectivity index (χ0) is 21.6. The van der Waals surface area contributed by atoms with Gasteiger partial charge in [0.15, 0.2) is 9.84 Å². The molecule has 1 aliphatic rings. The number of nitrogens with zero attached hydrogens (tertiary/aromatic N) is 4. The van der Waals surface area contributed by atoms with Crippen LogP contribution in [-0.4, -0.2) is 51.2 Å². The highest BCUT2D eigenvalue weighted by atomic mass is 32.2. The van der Waals surface area contributed by atoms with Gasteiger partial charge in [0, 0.05) is 31.9 Å². The molecule has 2 aromatic carbocycles. The number of rotatable bonds is 5. The Morgan fingerprint density at radius 2 is 1.47 bits per heavy atom. The molecule has 1 aliphatic heterocycles. The summed E-state index contributed by atoms with van der Waals surface area (Å²) in [6.07, 6.45) is 0.738. The molecule has 3 rings (SSSR count). The van der Waals surface area contributed by atoms with Gasteiger partial charge in [-0.1, -0.05) is 12.1 Å². The Morgan fingerprint density at radius 3 is 2.07 bits per heavy atom. The Balaban J connectivity index is 1.58. The number of hydrogen-bond donors (Lipinski definition) is 0. The Hall–Kier alpha value is -3.36. The fourth-order valence-corrected chi connectivity index (χ4v) is 4.79. The topological polar surface area (TPSA) is 105 Å². The predicted octanol–water partition coefficient (Wildman–Crippen LogP) is 2.08. The molecular formula is C22H22N4O3S. The lowest BCUT2D eigenvalue weighted by molar-refractivity contribution is -0.128. The van der Waals surface area contributed by atoms with Crippen molar-refractivity contribution in [2.45, 2.75) is 12.2 Å². The highest BCUT2D eigenvalue weighted by molar-refractivity contribution is 7.91. The standard InChI is InChI=1S/C22H22N4O3S/c23-14-18-2-4-20(5-3-18)16-30(28,29)17-22(27)26-11-1-10-25(12-13-26)21-8-6-19(15-24)7-9-21/h2-9H,1,10-13,16-17H2. The van der Waals surface area contributed by atoms with Crippen molar-refractivity contribution in [1.82, 2.24) is 4.90 Å². The van der Waals surface area contributed by atoms with Crippen LogP contribution in [0.4, 0.5) is 5.69 Å². The first kappa shape index (κ1) is 21.4. The van der Waals surface area contributed by atoms with Gasteiger partial charge in [-0.15, -0.1) is 0 Å². The minimum Gasteiger partial charge on any atom is -0.370 e. The third-order valence-corrected chi connectivity index (χ3v) is 6.48. The molecule has 0 aromatic heterocycles. The van der Waals surface area contributed by atoms with Crippen molar-refractivity contribution in [3.63, 3.8) is 0 Å². The molecule has 0 radical (unpaired) electrons. The van der Waals surface area contributed by atoms with E-state index in [0.717, 1.165) is 18.7 Å². The van der Waals surface area contributed by atoms with Gasteiger partial charge in [0.05, 0.1) is 29.0 Å². The maximum absolute atomic E-state index is 12.6. The molecule has 8 heteroatoms. The lowest BCUT2D eigenvalue weighted by Gasteiger charge is -2.23. The number of carbonyl (C=O) groups excluding carboxylic acids is 1. The van der Waals surface area contributed by atoms with Crippen LogP contribution in [0, 0.1) is 22.7 Å². The zero-order valence-electron chi connectivity index (χ0n) is 16.5. The van der Waals surface area contributed by atoms with Crippen LogP contribution in [0.5, 0.6) is 0 Å². The van der Waals surface area contributed by atoms with E-state index in [2.05, 4.69) is 11.0 Å². The van der Waals surface area contributed by atoms with Gasteiger partial charge in [0.2, 0.25) is 5.91 Å². The van der Waals surface area contributed by atoms with E-state index in [-0.39, 0.29) is 11.7 Å². The second kappa shape index (κ2) is 9.43. The lowest BCUT2D eigenvalue weighted by Crippen LogP contribution is -2.38. The first-order valence-electron chi connectivity index (χ1n) is 9.62. The van der Waals surface area contributed by atoms with Crippen molar-refractivity contribution in [3.8, 4) is 12.1 Å². The van der Waals surface area contributed by atoms with E-state index in [1.54, 1.807) is 41.3 Å². The van der Waals surface area contributed by atoms with Crippen LogP contribution in [0.15, 0.2) is 48.5 Å². The fraction of sp³-hybridized carbons (Fsp3) is 0.318. The molecule has 1 amide bonds. The van der Waals surface area contributed by atoms with Gasteiger partial charge in [-0.05, 0) is 48.4 Å². The molecule has 1 fully saturated rings. The van der Waals surface area contributed by atoms with Gasteiger partial charge in [-0.3, -0.25) is 4.79 Å². The van der Waals surface area contributed by atoms with Crippen LogP contribution < -0.4 is 4.90 Å². The molecule has 0 aliphatic carbocycles. The van der Waals surface area contributed by atoms with Crippen LogP contribution in [0.25, 0.3) is 0 Å². The molecule has 7 nitrogen and oxygen atoms in total.